The summed E-state index contributed by atoms with van der Waals surface area (Å²) < 4.78 is 0. The number of thioether (sulfide) groups is 1. The normalized spacial score (nSPS) is 12.6. The average molecular weight is 266 g/mol. The Kier molecular flexibility index (Phi) is 5.69. The highest BCUT2D eigenvalue weighted by Crippen LogP contribution is 2.23. The summed E-state index contributed by atoms with van der Waals surface area (Å²) in [5, 5.41) is 0.582. The lowest BCUT2D eigenvalue weighted by molar-refractivity contribution is -0.131. The maximum atomic E-state index is 11.7. The lowest BCUT2D eigenvalue weighted by Crippen LogP contribution is -2.39. The fourth-order valence-electron chi connectivity index (χ4n) is 1.65. The number of amides is 1. The van der Waals surface area contributed by atoms with E-state index in [0.29, 0.717) is 11.8 Å². The minimum atomic E-state index is -0.439. The van der Waals surface area contributed by atoms with Crippen molar-refractivity contribution >= 4 is 17.7 Å². The third-order valence-electron chi connectivity index (χ3n) is 2.48. The molecule has 0 aromatic heterocycles. The second kappa shape index (κ2) is 6.81. The van der Waals surface area contributed by atoms with Gasteiger partial charge in [0.25, 0.3) is 0 Å². The first-order chi connectivity index (χ1) is 8.40. The topological polar surface area (TPSA) is 46.3 Å². The Morgan fingerprint density at radius 3 is 2.28 bits per heavy atom. The van der Waals surface area contributed by atoms with Crippen LogP contribution in [0, 0.1) is 0 Å². The molecule has 1 aromatic carbocycles. The molecule has 0 aliphatic heterocycles. The molecular weight excluding hydrogens is 244 g/mol. The first kappa shape index (κ1) is 15.1. The Labute approximate surface area is 114 Å². The van der Waals surface area contributed by atoms with Crippen LogP contribution in [0.15, 0.2) is 29.2 Å². The van der Waals surface area contributed by atoms with E-state index in [1.165, 1.54) is 4.90 Å². The van der Waals surface area contributed by atoms with Crippen LogP contribution >= 0.6 is 11.8 Å². The molecule has 0 saturated carbocycles. The van der Waals surface area contributed by atoms with Crippen LogP contribution in [0.5, 0.6) is 0 Å². The van der Waals surface area contributed by atoms with E-state index in [1.54, 1.807) is 18.9 Å². The molecule has 0 aliphatic carbocycles. The van der Waals surface area contributed by atoms with Crippen LogP contribution in [-0.2, 0) is 11.3 Å². The van der Waals surface area contributed by atoms with E-state index in [-0.39, 0.29) is 5.91 Å². The molecule has 1 atom stereocenters. The number of carbonyl (C=O) groups excluding carboxylic acids is 1. The Balaban J connectivity index is 2.61. The van der Waals surface area contributed by atoms with E-state index >= 15 is 0 Å². The van der Waals surface area contributed by atoms with Gasteiger partial charge in [0, 0.05) is 23.7 Å². The summed E-state index contributed by atoms with van der Waals surface area (Å²) in [6.45, 7) is 6.66. The highest BCUT2D eigenvalue weighted by atomic mass is 32.2. The number of carbonyl (C=O) groups is 1. The van der Waals surface area contributed by atoms with Crippen molar-refractivity contribution in [3.05, 3.63) is 29.8 Å². The molecule has 3 nitrogen and oxygen atoms in total. The lowest BCUT2D eigenvalue weighted by Gasteiger charge is -2.19. The third-order valence-corrected chi connectivity index (χ3v) is 3.50. The Morgan fingerprint density at radius 1 is 1.28 bits per heavy atom. The zero-order valence-electron chi connectivity index (χ0n) is 11.5. The predicted octanol–water partition coefficient (Wildman–Crippen LogP) is 2.49. The third kappa shape index (κ3) is 4.70. The molecule has 0 heterocycles. The molecule has 4 heteroatoms. The van der Waals surface area contributed by atoms with Crippen molar-refractivity contribution < 1.29 is 4.79 Å². The van der Waals surface area contributed by atoms with Gasteiger partial charge in [-0.1, -0.05) is 26.0 Å². The molecule has 2 N–H and O–H groups in total. The van der Waals surface area contributed by atoms with Gasteiger partial charge in [0.05, 0.1) is 6.04 Å². The number of hydrogen-bond donors (Lipinski definition) is 1. The number of hydrogen-bond acceptors (Lipinski definition) is 3. The Bertz CT molecular complexity index is 387. The minimum Gasteiger partial charge on any atom is -0.340 e. The standard InChI is InChI=1S/C14H22N2OS/c1-10(2)18-13-7-5-12(6-8-13)9-16(4)14(17)11(3)15/h5-8,10-11H,9,15H2,1-4H3. The summed E-state index contributed by atoms with van der Waals surface area (Å²) in [6, 6.07) is 7.89. The summed E-state index contributed by atoms with van der Waals surface area (Å²) in [5.74, 6) is -0.0318. The predicted molar refractivity (Wildman–Crippen MR) is 77.6 cm³/mol. The van der Waals surface area contributed by atoms with Crippen molar-refractivity contribution in [1.29, 1.82) is 0 Å². The Morgan fingerprint density at radius 2 is 1.83 bits per heavy atom. The highest BCUT2D eigenvalue weighted by molar-refractivity contribution is 7.99. The van der Waals surface area contributed by atoms with E-state index in [9.17, 15) is 4.79 Å². The quantitative estimate of drug-likeness (QED) is 0.833. The molecule has 0 fully saturated rings. The molecule has 18 heavy (non-hydrogen) atoms. The van der Waals surface area contributed by atoms with Crippen LogP contribution in [0.4, 0.5) is 0 Å². The fraction of sp³-hybridized carbons (Fsp3) is 0.500. The summed E-state index contributed by atoms with van der Waals surface area (Å²) in [5.41, 5.74) is 6.70. The summed E-state index contributed by atoms with van der Waals surface area (Å²) in [6.07, 6.45) is 0. The van der Waals surface area contributed by atoms with Crippen molar-refractivity contribution in [2.75, 3.05) is 7.05 Å². The van der Waals surface area contributed by atoms with Gasteiger partial charge >= 0.3 is 0 Å². The lowest BCUT2D eigenvalue weighted by atomic mass is 10.2. The van der Waals surface area contributed by atoms with E-state index in [4.69, 9.17) is 5.73 Å². The molecule has 0 saturated heterocycles. The van der Waals surface area contributed by atoms with Gasteiger partial charge in [-0.2, -0.15) is 0 Å². The molecule has 0 radical (unpaired) electrons. The maximum Gasteiger partial charge on any atom is 0.239 e. The van der Waals surface area contributed by atoms with Crippen LogP contribution in [0.3, 0.4) is 0 Å². The Hall–Kier alpha value is -1.00. The molecule has 0 aliphatic rings. The van der Waals surface area contributed by atoms with E-state index in [0.717, 1.165) is 5.56 Å². The molecule has 1 unspecified atom stereocenters. The molecule has 1 aromatic rings. The smallest absolute Gasteiger partial charge is 0.239 e. The monoisotopic (exact) mass is 266 g/mol. The van der Waals surface area contributed by atoms with Gasteiger partial charge in [0.15, 0.2) is 0 Å². The molecule has 1 amide bonds. The first-order valence-corrected chi connectivity index (χ1v) is 7.04. The van der Waals surface area contributed by atoms with Gasteiger partial charge in [-0.25, -0.2) is 0 Å². The average Bonchev–Trinajstić information content (AvgIpc) is 2.29. The fourth-order valence-corrected chi connectivity index (χ4v) is 2.48. The van der Waals surface area contributed by atoms with Gasteiger partial charge in [-0.3, -0.25) is 4.79 Å². The minimum absolute atomic E-state index is 0.0318. The molecular formula is C14H22N2OS. The van der Waals surface area contributed by atoms with Crippen molar-refractivity contribution in [2.24, 2.45) is 5.73 Å². The van der Waals surface area contributed by atoms with Crippen molar-refractivity contribution in [3.8, 4) is 0 Å². The first-order valence-electron chi connectivity index (χ1n) is 6.16. The molecule has 100 valence electrons. The summed E-state index contributed by atoms with van der Waals surface area (Å²) in [7, 11) is 1.78. The van der Waals surface area contributed by atoms with Crippen molar-refractivity contribution in [1.82, 2.24) is 4.90 Å². The van der Waals surface area contributed by atoms with Crippen LogP contribution < -0.4 is 5.73 Å². The van der Waals surface area contributed by atoms with Gasteiger partial charge in [0.2, 0.25) is 5.91 Å². The summed E-state index contributed by atoms with van der Waals surface area (Å²) >= 11 is 1.84. The van der Waals surface area contributed by atoms with Gasteiger partial charge in [-0.15, -0.1) is 11.8 Å². The number of rotatable bonds is 5. The molecule has 0 bridgehead atoms. The van der Waals surface area contributed by atoms with Gasteiger partial charge in [-0.05, 0) is 24.6 Å². The van der Waals surface area contributed by atoms with Gasteiger partial charge < -0.3 is 10.6 Å². The van der Waals surface area contributed by atoms with Crippen molar-refractivity contribution in [2.45, 2.75) is 43.5 Å². The van der Waals surface area contributed by atoms with Crippen LogP contribution in [0.25, 0.3) is 0 Å². The van der Waals surface area contributed by atoms with Crippen molar-refractivity contribution in [3.63, 3.8) is 0 Å². The SMILES string of the molecule is CC(C)Sc1ccc(CN(C)C(=O)C(C)N)cc1. The van der Waals surface area contributed by atoms with E-state index in [1.807, 2.05) is 11.8 Å². The molecule has 1 rings (SSSR count). The van der Waals surface area contributed by atoms with Crippen LogP contribution in [0.2, 0.25) is 0 Å². The largest absolute Gasteiger partial charge is 0.340 e. The zero-order valence-corrected chi connectivity index (χ0v) is 12.3. The number of nitrogens with two attached hydrogens (primary N) is 1. The summed E-state index contributed by atoms with van der Waals surface area (Å²) in [4.78, 5) is 14.6. The van der Waals surface area contributed by atoms with Gasteiger partial charge in [0.1, 0.15) is 0 Å². The zero-order chi connectivity index (χ0) is 13.7. The number of nitrogens with zero attached hydrogens (tertiary/aromatic N) is 1. The number of likely N-dealkylation sites (N-methyl/N-ethyl adjacent to an activating group) is 1. The second-order valence-corrected chi connectivity index (χ2v) is 6.44. The van der Waals surface area contributed by atoms with Crippen LogP contribution in [0.1, 0.15) is 26.3 Å². The number of benzene rings is 1. The highest BCUT2D eigenvalue weighted by Gasteiger charge is 2.13. The van der Waals surface area contributed by atoms with Crippen LogP contribution in [-0.4, -0.2) is 29.1 Å². The van der Waals surface area contributed by atoms with E-state index < -0.39 is 6.04 Å². The second-order valence-electron chi connectivity index (χ2n) is 4.79. The van der Waals surface area contributed by atoms with E-state index in [2.05, 4.69) is 38.1 Å². The molecule has 0 spiro atoms. The maximum absolute atomic E-state index is 11.7.